The maximum Gasteiger partial charge on any atom is 0.259 e. The van der Waals surface area contributed by atoms with Gasteiger partial charge in [-0.15, -0.1) is 0 Å². The number of para-hydroxylation sites is 1. The van der Waals surface area contributed by atoms with Crippen LogP contribution in [0.5, 0.6) is 5.75 Å². The SMILES string of the molecule is COc1ccccc1C(=O)Nc1ccc(C(=O)NCC2CCCN3CCCCC23)cc1. The lowest BCUT2D eigenvalue weighted by Crippen LogP contribution is -2.51. The average molecular weight is 422 g/mol. The zero-order valence-electron chi connectivity index (χ0n) is 18.1. The van der Waals surface area contributed by atoms with E-state index in [1.54, 1.807) is 49.6 Å². The molecule has 0 spiro atoms. The van der Waals surface area contributed by atoms with Crippen molar-refractivity contribution in [1.29, 1.82) is 0 Å². The van der Waals surface area contributed by atoms with Crippen molar-refractivity contribution in [3.63, 3.8) is 0 Å². The zero-order valence-corrected chi connectivity index (χ0v) is 18.1. The van der Waals surface area contributed by atoms with E-state index in [-0.39, 0.29) is 11.8 Å². The summed E-state index contributed by atoms with van der Waals surface area (Å²) in [5.41, 5.74) is 1.71. The first kappa shape index (κ1) is 21.4. The molecule has 2 saturated heterocycles. The van der Waals surface area contributed by atoms with Crippen molar-refractivity contribution in [2.75, 3.05) is 32.1 Å². The topological polar surface area (TPSA) is 70.7 Å². The van der Waals surface area contributed by atoms with Gasteiger partial charge in [0.25, 0.3) is 11.8 Å². The molecule has 2 heterocycles. The molecule has 2 aromatic carbocycles. The van der Waals surface area contributed by atoms with Gasteiger partial charge in [-0.1, -0.05) is 18.6 Å². The molecule has 0 aliphatic carbocycles. The summed E-state index contributed by atoms with van der Waals surface area (Å²) in [6.07, 6.45) is 6.26. The number of carbonyl (C=O) groups is 2. The molecule has 0 radical (unpaired) electrons. The van der Waals surface area contributed by atoms with Crippen molar-refractivity contribution >= 4 is 17.5 Å². The van der Waals surface area contributed by atoms with Crippen LogP contribution in [0.25, 0.3) is 0 Å². The average Bonchev–Trinajstić information content (AvgIpc) is 2.82. The van der Waals surface area contributed by atoms with Gasteiger partial charge in [-0.25, -0.2) is 0 Å². The van der Waals surface area contributed by atoms with E-state index in [4.69, 9.17) is 4.74 Å². The molecule has 2 amide bonds. The minimum absolute atomic E-state index is 0.0597. The fourth-order valence-corrected chi connectivity index (χ4v) is 4.88. The maximum atomic E-state index is 12.7. The molecule has 2 unspecified atom stereocenters. The second kappa shape index (κ2) is 9.96. The third-order valence-electron chi connectivity index (χ3n) is 6.51. The fourth-order valence-electron chi connectivity index (χ4n) is 4.88. The van der Waals surface area contributed by atoms with Crippen molar-refractivity contribution in [2.45, 2.75) is 38.1 Å². The number of nitrogens with zero attached hydrogens (tertiary/aromatic N) is 1. The van der Waals surface area contributed by atoms with Crippen molar-refractivity contribution in [3.05, 3.63) is 59.7 Å². The van der Waals surface area contributed by atoms with Crippen LogP contribution < -0.4 is 15.4 Å². The first-order valence-electron chi connectivity index (χ1n) is 11.2. The number of piperidine rings is 2. The summed E-state index contributed by atoms with van der Waals surface area (Å²) in [7, 11) is 1.54. The molecule has 2 aliphatic heterocycles. The van der Waals surface area contributed by atoms with Crippen LogP contribution in [0, 0.1) is 5.92 Å². The van der Waals surface area contributed by atoms with Crippen LogP contribution in [-0.4, -0.2) is 49.5 Å². The first-order chi connectivity index (χ1) is 15.2. The van der Waals surface area contributed by atoms with E-state index in [0.29, 0.717) is 34.5 Å². The van der Waals surface area contributed by atoms with Gasteiger partial charge in [0.05, 0.1) is 12.7 Å². The molecule has 2 aliphatic rings. The van der Waals surface area contributed by atoms with Crippen molar-refractivity contribution in [2.24, 2.45) is 5.92 Å². The Morgan fingerprint density at radius 3 is 2.55 bits per heavy atom. The van der Waals surface area contributed by atoms with E-state index in [1.165, 1.54) is 45.2 Å². The van der Waals surface area contributed by atoms with Crippen molar-refractivity contribution in [3.8, 4) is 5.75 Å². The minimum Gasteiger partial charge on any atom is -0.496 e. The Labute approximate surface area is 184 Å². The predicted octanol–water partition coefficient (Wildman–Crippen LogP) is 3.94. The molecule has 2 aromatic rings. The van der Waals surface area contributed by atoms with Crippen LogP contribution in [0.15, 0.2) is 48.5 Å². The van der Waals surface area contributed by atoms with E-state index in [2.05, 4.69) is 15.5 Å². The summed E-state index contributed by atoms with van der Waals surface area (Å²) < 4.78 is 5.25. The highest BCUT2D eigenvalue weighted by Crippen LogP contribution is 2.30. The minimum atomic E-state index is -0.246. The number of methoxy groups -OCH3 is 1. The molecule has 31 heavy (non-hydrogen) atoms. The normalized spacial score (nSPS) is 21.1. The number of hydrogen-bond donors (Lipinski definition) is 2. The summed E-state index contributed by atoms with van der Waals surface area (Å²) in [4.78, 5) is 27.8. The molecule has 164 valence electrons. The highest BCUT2D eigenvalue weighted by Gasteiger charge is 2.32. The van der Waals surface area contributed by atoms with Gasteiger partial charge < -0.3 is 20.3 Å². The molecule has 6 nitrogen and oxygen atoms in total. The van der Waals surface area contributed by atoms with E-state index in [1.807, 2.05) is 6.07 Å². The highest BCUT2D eigenvalue weighted by atomic mass is 16.5. The lowest BCUT2D eigenvalue weighted by Gasteiger charge is -2.44. The maximum absolute atomic E-state index is 12.7. The summed E-state index contributed by atoms with van der Waals surface area (Å²) >= 11 is 0. The lowest BCUT2D eigenvalue weighted by molar-refractivity contribution is 0.0575. The number of benzene rings is 2. The quantitative estimate of drug-likeness (QED) is 0.741. The van der Waals surface area contributed by atoms with Crippen molar-refractivity contribution < 1.29 is 14.3 Å². The molecule has 2 fully saturated rings. The Kier molecular flexibility index (Phi) is 6.87. The van der Waals surface area contributed by atoms with E-state index >= 15 is 0 Å². The van der Waals surface area contributed by atoms with Crippen LogP contribution in [-0.2, 0) is 0 Å². The molecule has 2 atom stereocenters. The smallest absolute Gasteiger partial charge is 0.259 e. The summed E-state index contributed by atoms with van der Waals surface area (Å²) in [5.74, 6) is 0.757. The third-order valence-corrected chi connectivity index (χ3v) is 6.51. The lowest BCUT2D eigenvalue weighted by atomic mass is 9.83. The van der Waals surface area contributed by atoms with E-state index in [9.17, 15) is 9.59 Å². The van der Waals surface area contributed by atoms with E-state index in [0.717, 1.165) is 6.54 Å². The Morgan fingerprint density at radius 1 is 0.968 bits per heavy atom. The van der Waals surface area contributed by atoms with Gasteiger partial charge in [0.15, 0.2) is 0 Å². The predicted molar refractivity (Wildman–Crippen MR) is 122 cm³/mol. The molecule has 0 aromatic heterocycles. The second-order valence-electron chi connectivity index (χ2n) is 8.44. The molecule has 4 rings (SSSR count). The number of ether oxygens (including phenoxy) is 1. The molecular weight excluding hydrogens is 390 g/mol. The van der Waals surface area contributed by atoms with Crippen molar-refractivity contribution in [1.82, 2.24) is 10.2 Å². The number of carbonyl (C=O) groups excluding carboxylic acids is 2. The van der Waals surface area contributed by atoms with Crippen LogP contribution >= 0.6 is 0 Å². The number of hydrogen-bond acceptors (Lipinski definition) is 4. The van der Waals surface area contributed by atoms with Gasteiger partial charge in [-0.3, -0.25) is 9.59 Å². The van der Waals surface area contributed by atoms with Gasteiger partial charge in [-0.2, -0.15) is 0 Å². The Hall–Kier alpha value is -2.86. The number of amides is 2. The Bertz CT molecular complexity index is 910. The van der Waals surface area contributed by atoms with E-state index < -0.39 is 0 Å². The van der Waals surface area contributed by atoms with Crippen LogP contribution in [0.2, 0.25) is 0 Å². The third kappa shape index (κ3) is 5.07. The van der Waals surface area contributed by atoms with Crippen LogP contribution in [0.3, 0.4) is 0 Å². The molecule has 0 saturated carbocycles. The Balaban J connectivity index is 1.32. The largest absolute Gasteiger partial charge is 0.496 e. The van der Waals surface area contributed by atoms with Crippen LogP contribution in [0.1, 0.15) is 52.8 Å². The van der Waals surface area contributed by atoms with Gasteiger partial charge in [0, 0.05) is 23.8 Å². The molecule has 6 heteroatoms. The molecule has 2 N–H and O–H groups in total. The zero-order chi connectivity index (χ0) is 21.6. The number of anilines is 1. The standard InChI is InChI=1S/C25H31N3O3/c1-31-23-10-3-2-8-21(23)25(30)27-20-13-11-18(12-14-20)24(29)26-17-19-7-6-16-28-15-5-4-9-22(19)28/h2-3,8,10-14,19,22H,4-7,9,15-17H2,1H3,(H,26,29)(H,27,30). The van der Waals surface area contributed by atoms with Gasteiger partial charge in [0.1, 0.15) is 5.75 Å². The molecular formula is C25H31N3O3. The fraction of sp³-hybridized carbons (Fsp3) is 0.440. The first-order valence-corrected chi connectivity index (χ1v) is 11.2. The van der Waals surface area contributed by atoms with Gasteiger partial charge in [0.2, 0.25) is 0 Å². The van der Waals surface area contributed by atoms with Gasteiger partial charge >= 0.3 is 0 Å². The monoisotopic (exact) mass is 421 g/mol. The number of fused-ring (bicyclic) bond motifs is 1. The summed E-state index contributed by atoms with van der Waals surface area (Å²) in [5, 5.41) is 5.99. The summed E-state index contributed by atoms with van der Waals surface area (Å²) in [6, 6.07) is 14.7. The highest BCUT2D eigenvalue weighted by molar-refractivity contribution is 6.06. The number of rotatable bonds is 6. The molecule has 0 bridgehead atoms. The Morgan fingerprint density at radius 2 is 1.74 bits per heavy atom. The van der Waals surface area contributed by atoms with Crippen LogP contribution in [0.4, 0.5) is 5.69 Å². The summed E-state index contributed by atoms with van der Waals surface area (Å²) in [6.45, 7) is 3.14. The number of nitrogens with one attached hydrogen (secondary N) is 2. The van der Waals surface area contributed by atoms with Gasteiger partial charge in [-0.05, 0) is 81.1 Å². The second-order valence-corrected chi connectivity index (χ2v) is 8.44.